The molecule has 0 unspecified atom stereocenters. The summed E-state index contributed by atoms with van der Waals surface area (Å²) >= 11 is 0. The fourth-order valence-electron chi connectivity index (χ4n) is 2.51. The number of rotatable bonds is 0. The van der Waals surface area contributed by atoms with Crippen LogP contribution >= 0.6 is 0 Å². The molecule has 5 heteroatoms. The average molecular weight is 285 g/mol. The molecule has 0 aromatic carbocycles. The van der Waals surface area contributed by atoms with E-state index in [0.29, 0.717) is 19.4 Å². The van der Waals surface area contributed by atoms with Crippen LogP contribution in [0.1, 0.15) is 19.3 Å². The Morgan fingerprint density at radius 2 is 2.13 bits per heavy atom. The van der Waals surface area contributed by atoms with Crippen LogP contribution in [0.15, 0.2) is 11.6 Å². The zero-order valence-electron chi connectivity index (χ0n) is 8.31. The fraction of sp³-hybridized carbons (Fsp3) is 0.700. The van der Waals surface area contributed by atoms with Crippen molar-refractivity contribution in [2.75, 3.05) is 6.61 Å². The predicted molar refractivity (Wildman–Crippen MR) is 46.5 cm³/mol. The van der Waals surface area contributed by atoms with Gasteiger partial charge < -0.3 is 14.6 Å². The molecule has 2 bridgehead atoms. The summed E-state index contributed by atoms with van der Waals surface area (Å²) in [4.78, 5) is 11.4. The Kier molecular flexibility index (Phi) is 3.06. The molecule has 1 radical (unpaired) electrons. The Morgan fingerprint density at radius 1 is 1.40 bits per heavy atom. The molecule has 0 amide bonds. The first-order valence-electron chi connectivity index (χ1n) is 4.94. The van der Waals surface area contributed by atoms with E-state index in [4.69, 9.17) is 9.47 Å². The Labute approximate surface area is 113 Å². The first-order chi connectivity index (χ1) is 6.69. The van der Waals surface area contributed by atoms with Gasteiger partial charge in [0.2, 0.25) is 0 Å². The van der Waals surface area contributed by atoms with Gasteiger partial charge in [0.25, 0.3) is 0 Å². The number of hydrogen-bond donors (Lipinski definition) is 1. The summed E-state index contributed by atoms with van der Waals surface area (Å²) < 4.78 is 10.6. The van der Waals surface area contributed by atoms with Crippen LogP contribution in [0.4, 0.5) is 0 Å². The summed E-state index contributed by atoms with van der Waals surface area (Å²) in [7, 11) is 0. The van der Waals surface area contributed by atoms with E-state index in [1.54, 1.807) is 0 Å². The summed E-state index contributed by atoms with van der Waals surface area (Å²) in [5, 5.41) is 9.95. The summed E-state index contributed by atoms with van der Waals surface area (Å²) in [6, 6.07) is 0. The van der Waals surface area contributed by atoms with Crippen molar-refractivity contribution in [1.82, 2.24) is 0 Å². The van der Waals surface area contributed by atoms with Crippen LogP contribution in [0.25, 0.3) is 0 Å². The normalized spacial score (nSPS) is 42.5. The molecule has 2 fully saturated rings. The summed E-state index contributed by atoms with van der Waals surface area (Å²) in [6.45, 7) is 0.672. The molecule has 0 aromatic rings. The fourth-order valence-corrected chi connectivity index (χ4v) is 2.51. The molecule has 0 aromatic heterocycles. The maximum absolute atomic E-state index is 11.4. The van der Waals surface area contributed by atoms with Crippen LogP contribution in [0.5, 0.6) is 0 Å². The number of aliphatic hydroxyl groups is 1. The predicted octanol–water partition coefficient (Wildman–Crippen LogP) is 0.149. The molecule has 3 atom stereocenters. The summed E-state index contributed by atoms with van der Waals surface area (Å²) in [5.74, 6) is -0.485. The molecule has 3 aliphatic rings. The molecule has 4 nitrogen and oxygen atoms in total. The van der Waals surface area contributed by atoms with E-state index in [9.17, 15) is 9.90 Å². The van der Waals surface area contributed by atoms with Crippen molar-refractivity contribution >= 4 is 5.97 Å². The minimum absolute atomic E-state index is 0. The van der Waals surface area contributed by atoms with Gasteiger partial charge in [-0.2, -0.15) is 0 Å². The molecule has 0 spiro atoms. The van der Waals surface area contributed by atoms with Crippen LogP contribution in [0, 0.1) is 0 Å². The zero-order chi connectivity index (χ0) is 9.76. The van der Waals surface area contributed by atoms with Crippen molar-refractivity contribution in [3.63, 3.8) is 0 Å². The maximum Gasteiger partial charge on any atom is 0.338 e. The van der Waals surface area contributed by atoms with Gasteiger partial charge in [-0.05, 0) is 12.0 Å². The van der Waals surface area contributed by atoms with Crippen LogP contribution in [0.2, 0.25) is 0 Å². The Hall–Kier alpha value is 0.234. The number of esters is 1. The Balaban J connectivity index is 0.000000853. The number of ether oxygens (including phenoxy) is 2. The largest absolute Gasteiger partial charge is 0.455 e. The second kappa shape index (κ2) is 3.91. The smallest absolute Gasteiger partial charge is 0.338 e. The van der Waals surface area contributed by atoms with Gasteiger partial charge in [0.1, 0.15) is 6.10 Å². The number of fused-ring (bicyclic) bond motifs is 4. The van der Waals surface area contributed by atoms with Gasteiger partial charge in [-0.3, -0.25) is 0 Å². The van der Waals surface area contributed by atoms with Gasteiger partial charge in [0.15, 0.2) is 5.60 Å². The van der Waals surface area contributed by atoms with Crippen LogP contribution in [-0.4, -0.2) is 35.5 Å². The molecule has 1 N–H and O–H groups in total. The van der Waals surface area contributed by atoms with Gasteiger partial charge >= 0.3 is 5.97 Å². The maximum atomic E-state index is 11.4. The quantitative estimate of drug-likeness (QED) is 0.508. The minimum Gasteiger partial charge on any atom is -0.455 e. The second-order valence-electron chi connectivity index (χ2n) is 4.19. The third-order valence-electron chi connectivity index (χ3n) is 3.24. The van der Waals surface area contributed by atoms with E-state index in [1.165, 1.54) is 0 Å². The number of carbonyl (C=O) groups excluding carboxylic acids is 1. The molecular formula is C10H12O4Y. The molecule has 3 rings (SSSR count). The van der Waals surface area contributed by atoms with Crippen LogP contribution in [0.3, 0.4) is 0 Å². The van der Waals surface area contributed by atoms with E-state index >= 15 is 0 Å². The Bertz CT molecular complexity index is 327. The molecular weight excluding hydrogens is 273 g/mol. The standard InChI is InChI=1S/C10H12O4.Y/c11-9-10(12)4-7-6(2-1-3-13-7)8(5-10)14-9;/h2,7-8,12H,1,3-5H2;/t7-,8-,10+;/m1./s1. The van der Waals surface area contributed by atoms with Crippen molar-refractivity contribution in [3.8, 4) is 0 Å². The van der Waals surface area contributed by atoms with E-state index in [2.05, 4.69) is 6.08 Å². The molecule has 1 saturated heterocycles. The van der Waals surface area contributed by atoms with Gasteiger partial charge in [0, 0.05) is 45.6 Å². The first kappa shape index (κ1) is 11.7. The Morgan fingerprint density at radius 3 is 2.93 bits per heavy atom. The molecule has 79 valence electrons. The third-order valence-corrected chi connectivity index (χ3v) is 3.24. The monoisotopic (exact) mass is 285 g/mol. The summed E-state index contributed by atoms with van der Waals surface area (Å²) in [5.41, 5.74) is -0.240. The molecule has 1 aliphatic carbocycles. The van der Waals surface area contributed by atoms with Crippen molar-refractivity contribution in [3.05, 3.63) is 11.6 Å². The second-order valence-corrected chi connectivity index (χ2v) is 4.19. The summed E-state index contributed by atoms with van der Waals surface area (Å²) in [6.07, 6.45) is 3.35. The number of carbonyl (C=O) groups is 1. The van der Waals surface area contributed by atoms with E-state index in [-0.39, 0.29) is 44.9 Å². The van der Waals surface area contributed by atoms with Crippen LogP contribution in [-0.2, 0) is 47.0 Å². The van der Waals surface area contributed by atoms with Gasteiger partial charge in [0.05, 0.1) is 12.7 Å². The van der Waals surface area contributed by atoms with Crippen molar-refractivity contribution in [2.45, 2.75) is 37.1 Å². The third kappa shape index (κ3) is 1.72. The van der Waals surface area contributed by atoms with E-state index < -0.39 is 11.6 Å². The molecule has 2 aliphatic heterocycles. The minimum atomic E-state index is -1.29. The van der Waals surface area contributed by atoms with Crippen LogP contribution < -0.4 is 0 Å². The van der Waals surface area contributed by atoms with Crippen molar-refractivity contribution in [1.29, 1.82) is 0 Å². The van der Waals surface area contributed by atoms with E-state index in [0.717, 1.165) is 12.0 Å². The van der Waals surface area contributed by atoms with Crippen molar-refractivity contribution in [2.24, 2.45) is 0 Å². The number of hydrogen-bond acceptors (Lipinski definition) is 4. The zero-order valence-corrected chi connectivity index (χ0v) is 11.1. The SMILES string of the molecule is O=C1O[C@@H]2C[C@@]1(O)C[C@H]1OCCC=C12.[Y]. The topological polar surface area (TPSA) is 55.8 Å². The first-order valence-corrected chi connectivity index (χ1v) is 4.94. The van der Waals surface area contributed by atoms with E-state index in [1.807, 2.05) is 0 Å². The van der Waals surface area contributed by atoms with Crippen molar-refractivity contribution < 1.29 is 52.1 Å². The molecule has 2 heterocycles. The van der Waals surface area contributed by atoms with Gasteiger partial charge in [-0.1, -0.05) is 6.08 Å². The molecule has 15 heavy (non-hydrogen) atoms. The van der Waals surface area contributed by atoms with Gasteiger partial charge in [-0.25, -0.2) is 4.79 Å². The average Bonchev–Trinajstić information content (AvgIpc) is 2.39. The molecule has 1 saturated carbocycles. The van der Waals surface area contributed by atoms with Gasteiger partial charge in [-0.15, -0.1) is 0 Å².